The molecule has 8 nitrogen and oxygen atoms in total. The van der Waals surface area contributed by atoms with Crippen LogP contribution in [0.25, 0.3) is 11.0 Å². The molecule has 0 amide bonds. The first-order valence-corrected chi connectivity index (χ1v) is 10.9. The van der Waals surface area contributed by atoms with Crippen molar-refractivity contribution in [3.63, 3.8) is 0 Å². The Kier molecular flexibility index (Phi) is 6.96. The molecule has 2 aromatic heterocycles. The quantitative estimate of drug-likeness (QED) is 0.371. The number of benzene rings is 2. The Labute approximate surface area is 195 Å². The van der Waals surface area contributed by atoms with E-state index in [1.165, 1.54) is 4.68 Å². The van der Waals surface area contributed by atoms with Crippen LogP contribution in [0.1, 0.15) is 23.7 Å². The van der Waals surface area contributed by atoms with Gasteiger partial charge in [0.2, 0.25) is 0 Å². The molecule has 1 N–H and O–H groups in total. The molecular weight excluding hydrogens is 446 g/mol. The Morgan fingerprint density at radius 3 is 2.67 bits per heavy atom. The number of rotatable bonds is 9. The van der Waals surface area contributed by atoms with E-state index in [-0.39, 0.29) is 25.4 Å². The van der Waals surface area contributed by atoms with Gasteiger partial charge in [0.1, 0.15) is 42.1 Å². The molecule has 33 heavy (non-hydrogen) atoms. The molecule has 172 valence electrons. The number of aromatic nitrogens is 3. The Bertz CT molecular complexity index is 1300. The second-order valence-electron chi connectivity index (χ2n) is 7.64. The maximum atomic E-state index is 12.1. The second kappa shape index (κ2) is 10.1. The maximum Gasteiger partial charge on any atom is 0.339 e. The normalized spacial score (nSPS) is 12.1. The molecular formula is C24H24ClN3O5. The lowest BCUT2D eigenvalue weighted by Gasteiger charge is -2.13. The molecule has 4 aromatic rings. The van der Waals surface area contributed by atoms with Crippen molar-refractivity contribution >= 4 is 22.6 Å². The average Bonchev–Trinajstić information content (AvgIpc) is 3.24. The number of ether oxygens (including phenoxy) is 2. The third kappa shape index (κ3) is 5.53. The van der Waals surface area contributed by atoms with Crippen LogP contribution in [0.2, 0.25) is 5.02 Å². The van der Waals surface area contributed by atoms with Gasteiger partial charge in [-0.1, -0.05) is 23.7 Å². The predicted octanol–water partition coefficient (Wildman–Crippen LogP) is 3.93. The van der Waals surface area contributed by atoms with Crippen molar-refractivity contribution in [1.29, 1.82) is 0 Å². The highest BCUT2D eigenvalue weighted by atomic mass is 35.5. The smallest absolute Gasteiger partial charge is 0.339 e. The summed E-state index contributed by atoms with van der Waals surface area (Å²) in [7, 11) is 0. The minimum Gasteiger partial charge on any atom is -0.491 e. The van der Waals surface area contributed by atoms with Crippen molar-refractivity contribution in [3.05, 3.63) is 80.9 Å². The van der Waals surface area contributed by atoms with E-state index >= 15 is 0 Å². The van der Waals surface area contributed by atoms with Gasteiger partial charge >= 0.3 is 5.63 Å². The van der Waals surface area contributed by atoms with E-state index < -0.39 is 6.10 Å². The molecule has 2 aromatic carbocycles. The summed E-state index contributed by atoms with van der Waals surface area (Å²) in [4.78, 5) is 12.1. The highest BCUT2D eigenvalue weighted by Crippen LogP contribution is 2.24. The fraction of sp³-hybridized carbons (Fsp3) is 0.292. The van der Waals surface area contributed by atoms with Crippen molar-refractivity contribution < 1.29 is 19.0 Å². The van der Waals surface area contributed by atoms with E-state index in [9.17, 15) is 9.90 Å². The summed E-state index contributed by atoms with van der Waals surface area (Å²) in [6, 6.07) is 12.4. The molecule has 0 fully saturated rings. The summed E-state index contributed by atoms with van der Waals surface area (Å²) < 4.78 is 18.3. The minimum absolute atomic E-state index is 0.0399. The van der Waals surface area contributed by atoms with Crippen molar-refractivity contribution in [2.45, 2.75) is 39.5 Å². The summed E-state index contributed by atoms with van der Waals surface area (Å²) in [5.41, 5.74) is 2.35. The Hall–Kier alpha value is -3.36. The molecule has 0 aliphatic carbocycles. The van der Waals surface area contributed by atoms with Gasteiger partial charge in [-0.3, -0.25) is 0 Å². The molecule has 0 aliphatic heterocycles. The van der Waals surface area contributed by atoms with Crippen LogP contribution in [-0.4, -0.2) is 32.8 Å². The molecule has 0 saturated carbocycles. The molecule has 1 atom stereocenters. The number of aliphatic hydroxyl groups excluding tert-OH is 1. The second-order valence-corrected chi connectivity index (χ2v) is 8.08. The number of halogens is 1. The van der Waals surface area contributed by atoms with Crippen LogP contribution in [0.15, 0.2) is 57.9 Å². The average molecular weight is 470 g/mol. The predicted molar refractivity (Wildman–Crippen MR) is 124 cm³/mol. The van der Waals surface area contributed by atoms with E-state index in [4.69, 9.17) is 25.5 Å². The first kappa shape index (κ1) is 22.8. The number of hydrogen-bond donors (Lipinski definition) is 1. The van der Waals surface area contributed by atoms with E-state index in [2.05, 4.69) is 10.3 Å². The van der Waals surface area contributed by atoms with Gasteiger partial charge in [-0.05, 0) is 55.3 Å². The first-order valence-electron chi connectivity index (χ1n) is 10.6. The van der Waals surface area contributed by atoms with Crippen LogP contribution in [0.3, 0.4) is 0 Å². The van der Waals surface area contributed by atoms with E-state index in [1.807, 2.05) is 19.9 Å². The zero-order valence-corrected chi connectivity index (χ0v) is 19.1. The third-order valence-electron chi connectivity index (χ3n) is 5.24. The summed E-state index contributed by atoms with van der Waals surface area (Å²) in [6.07, 6.45) is 1.51. The molecule has 0 spiro atoms. The maximum absolute atomic E-state index is 12.1. The number of aliphatic hydroxyl groups is 1. The summed E-state index contributed by atoms with van der Waals surface area (Å²) >= 11 is 5.86. The fourth-order valence-corrected chi connectivity index (χ4v) is 3.64. The lowest BCUT2D eigenvalue weighted by molar-refractivity contribution is 0.0888. The highest BCUT2D eigenvalue weighted by molar-refractivity contribution is 6.30. The van der Waals surface area contributed by atoms with Gasteiger partial charge in [-0.15, -0.1) is 5.10 Å². The lowest BCUT2D eigenvalue weighted by Crippen LogP contribution is -2.24. The van der Waals surface area contributed by atoms with E-state index in [0.29, 0.717) is 39.8 Å². The molecule has 0 aliphatic rings. The summed E-state index contributed by atoms with van der Waals surface area (Å²) in [5, 5.41) is 19.9. The van der Waals surface area contributed by atoms with Gasteiger partial charge in [-0.2, -0.15) is 0 Å². The van der Waals surface area contributed by atoms with Crippen LogP contribution in [-0.2, 0) is 19.6 Å². The van der Waals surface area contributed by atoms with Crippen LogP contribution in [0.4, 0.5) is 0 Å². The molecule has 0 radical (unpaired) electrons. The zero-order chi connectivity index (χ0) is 23.4. The summed E-state index contributed by atoms with van der Waals surface area (Å²) in [6.45, 7) is 4.33. The molecule has 2 heterocycles. The fourth-order valence-electron chi connectivity index (χ4n) is 3.52. The minimum atomic E-state index is -0.816. The topological polar surface area (TPSA) is 99.6 Å². The zero-order valence-electron chi connectivity index (χ0n) is 18.3. The van der Waals surface area contributed by atoms with Crippen LogP contribution in [0.5, 0.6) is 11.5 Å². The molecule has 9 heteroatoms. The van der Waals surface area contributed by atoms with Gasteiger partial charge < -0.3 is 19.0 Å². The molecule has 1 unspecified atom stereocenters. The van der Waals surface area contributed by atoms with Gasteiger partial charge in [-0.25, -0.2) is 9.48 Å². The highest BCUT2D eigenvalue weighted by Gasteiger charge is 2.13. The van der Waals surface area contributed by atoms with Crippen molar-refractivity contribution in [2.75, 3.05) is 6.61 Å². The van der Waals surface area contributed by atoms with Gasteiger partial charge in [0, 0.05) is 22.0 Å². The SMILES string of the molecule is CCc1c(C)c2ccc(OCC(O)Cn3cc(COc4ccc(Cl)cc4)nn3)cc2oc1=O. The van der Waals surface area contributed by atoms with E-state index in [1.54, 1.807) is 42.6 Å². The molecule has 4 rings (SSSR count). The number of aryl methyl sites for hydroxylation is 1. The number of nitrogens with zero attached hydrogens (tertiary/aromatic N) is 3. The van der Waals surface area contributed by atoms with Crippen molar-refractivity contribution in [2.24, 2.45) is 0 Å². The molecule has 0 saturated heterocycles. The first-order chi connectivity index (χ1) is 15.9. The van der Waals surface area contributed by atoms with Gasteiger partial charge in [0.15, 0.2) is 0 Å². The van der Waals surface area contributed by atoms with Gasteiger partial charge in [0.05, 0.1) is 12.7 Å². The molecule has 0 bridgehead atoms. The summed E-state index contributed by atoms with van der Waals surface area (Å²) in [5.74, 6) is 1.18. The number of hydrogen-bond acceptors (Lipinski definition) is 7. The lowest BCUT2D eigenvalue weighted by atomic mass is 10.0. The largest absolute Gasteiger partial charge is 0.491 e. The monoisotopic (exact) mass is 469 g/mol. The van der Waals surface area contributed by atoms with Crippen LogP contribution in [0, 0.1) is 6.92 Å². The van der Waals surface area contributed by atoms with Gasteiger partial charge in [0.25, 0.3) is 0 Å². The Balaban J connectivity index is 1.32. The Morgan fingerprint density at radius 1 is 1.15 bits per heavy atom. The van der Waals surface area contributed by atoms with Crippen molar-refractivity contribution in [1.82, 2.24) is 15.0 Å². The standard InChI is InChI=1S/C24H24ClN3O5/c1-3-21-15(2)22-9-8-20(10-23(22)33-24(21)30)32-14-18(29)12-28-11-17(26-27-28)13-31-19-6-4-16(25)5-7-19/h4-11,18,29H,3,12-14H2,1-2H3. The number of fused-ring (bicyclic) bond motifs is 1. The van der Waals surface area contributed by atoms with Crippen LogP contribution < -0.4 is 15.1 Å². The third-order valence-corrected chi connectivity index (χ3v) is 5.49. The van der Waals surface area contributed by atoms with Crippen LogP contribution >= 0.6 is 11.6 Å². The van der Waals surface area contributed by atoms with E-state index in [0.717, 1.165) is 10.9 Å². The van der Waals surface area contributed by atoms with Crippen molar-refractivity contribution in [3.8, 4) is 11.5 Å². The Morgan fingerprint density at radius 2 is 1.91 bits per heavy atom.